The topological polar surface area (TPSA) is 52.1 Å². The van der Waals surface area contributed by atoms with Crippen LogP contribution in [0, 0.1) is 0 Å². The third-order valence-electron chi connectivity index (χ3n) is 2.01. The number of halogens is 1. The molecule has 0 N–H and O–H groups in total. The second-order valence-corrected chi connectivity index (χ2v) is 3.77. The summed E-state index contributed by atoms with van der Waals surface area (Å²) in [5.74, 6) is -0.361. The van der Waals surface area contributed by atoms with Crippen molar-refractivity contribution >= 4 is 32.8 Å². The summed E-state index contributed by atoms with van der Waals surface area (Å²) in [7, 11) is 1.35. The van der Waals surface area contributed by atoms with Gasteiger partial charge in [0.2, 0.25) is 0 Å². The molecule has 0 atom stereocenters. The van der Waals surface area contributed by atoms with Crippen molar-refractivity contribution in [3.8, 4) is 0 Å². The van der Waals surface area contributed by atoms with E-state index in [1.54, 1.807) is 24.4 Å². The zero-order valence-electron chi connectivity index (χ0n) is 7.90. The fourth-order valence-electron chi connectivity index (χ4n) is 1.27. The number of aromatic nitrogens is 2. The van der Waals surface area contributed by atoms with Crippen LogP contribution in [0.4, 0.5) is 0 Å². The number of fused-ring (bicyclic) bond motifs is 1. The predicted molar refractivity (Wildman–Crippen MR) is 58.6 cm³/mol. The van der Waals surface area contributed by atoms with Crippen molar-refractivity contribution in [3.63, 3.8) is 0 Å². The summed E-state index contributed by atoms with van der Waals surface area (Å²) in [5.41, 5.74) is 1.23. The van der Waals surface area contributed by atoms with Gasteiger partial charge in [-0.2, -0.15) is 10.2 Å². The largest absolute Gasteiger partial charge is 0.465 e. The molecule has 76 valence electrons. The summed E-state index contributed by atoms with van der Waals surface area (Å²) in [6.07, 6.45) is 1.59. The van der Waals surface area contributed by atoms with Crippen LogP contribution in [0.5, 0.6) is 0 Å². The number of carbonyl (C=O) groups is 1. The minimum atomic E-state index is -0.361. The lowest BCUT2D eigenvalue weighted by atomic mass is 10.1. The molecule has 0 bridgehead atoms. The van der Waals surface area contributed by atoms with Gasteiger partial charge in [0.15, 0.2) is 0 Å². The van der Waals surface area contributed by atoms with Gasteiger partial charge in [0.05, 0.1) is 24.4 Å². The van der Waals surface area contributed by atoms with Gasteiger partial charge in [-0.25, -0.2) is 4.79 Å². The van der Waals surface area contributed by atoms with Crippen LogP contribution in [0.2, 0.25) is 0 Å². The molecule has 0 radical (unpaired) electrons. The molecule has 15 heavy (non-hydrogen) atoms. The van der Waals surface area contributed by atoms with Crippen LogP contribution in [0.3, 0.4) is 0 Å². The Kier molecular flexibility index (Phi) is 2.64. The number of esters is 1. The molecule has 5 heteroatoms. The Labute approximate surface area is 94.4 Å². The van der Waals surface area contributed by atoms with Gasteiger partial charge in [0.25, 0.3) is 0 Å². The lowest BCUT2D eigenvalue weighted by molar-refractivity contribution is 0.0601. The van der Waals surface area contributed by atoms with E-state index >= 15 is 0 Å². The van der Waals surface area contributed by atoms with Crippen molar-refractivity contribution in [2.24, 2.45) is 0 Å². The van der Waals surface area contributed by atoms with E-state index in [2.05, 4.69) is 30.9 Å². The lowest BCUT2D eigenvalue weighted by Crippen LogP contribution is -2.01. The summed E-state index contributed by atoms with van der Waals surface area (Å²) in [4.78, 5) is 11.3. The minimum Gasteiger partial charge on any atom is -0.465 e. The van der Waals surface area contributed by atoms with Crippen LogP contribution >= 0.6 is 15.9 Å². The zero-order valence-corrected chi connectivity index (χ0v) is 9.48. The first kappa shape index (κ1) is 10.0. The lowest BCUT2D eigenvalue weighted by Gasteiger charge is -2.02. The Morgan fingerprint density at radius 1 is 1.47 bits per heavy atom. The van der Waals surface area contributed by atoms with Crippen molar-refractivity contribution in [3.05, 3.63) is 34.4 Å². The van der Waals surface area contributed by atoms with E-state index in [9.17, 15) is 4.79 Å². The van der Waals surface area contributed by atoms with Crippen LogP contribution in [0.25, 0.3) is 10.9 Å². The molecule has 4 nitrogen and oxygen atoms in total. The van der Waals surface area contributed by atoms with Gasteiger partial charge in [0.1, 0.15) is 0 Å². The maximum Gasteiger partial charge on any atom is 0.337 e. The molecule has 1 aromatic carbocycles. The van der Waals surface area contributed by atoms with Gasteiger partial charge < -0.3 is 4.74 Å². The third kappa shape index (κ3) is 1.83. The van der Waals surface area contributed by atoms with Crippen LogP contribution in [-0.2, 0) is 4.74 Å². The highest BCUT2D eigenvalue weighted by molar-refractivity contribution is 9.10. The number of nitrogens with zero attached hydrogens (tertiary/aromatic N) is 2. The van der Waals surface area contributed by atoms with E-state index < -0.39 is 0 Å². The predicted octanol–water partition coefficient (Wildman–Crippen LogP) is 2.18. The van der Waals surface area contributed by atoms with Crippen molar-refractivity contribution in [2.75, 3.05) is 7.11 Å². The molecule has 0 amide bonds. The van der Waals surface area contributed by atoms with Crippen molar-refractivity contribution < 1.29 is 9.53 Å². The number of hydrogen-bond donors (Lipinski definition) is 0. The third-order valence-corrected chi connectivity index (χ3v) is 2.64. The highest BCUT2D eigenvalue weighted by Gasteiger charge is 2.08. The molecule has 1 aromatic heterocycles. The van der Waals surface area contributed by atoms with Gasteiger partial charge in [-0.05, 0) is 34.1 Å². The molecule has 0 aliphatic carbocycles. The molecule has 0 aliphatic rings. The molecular weight excluding hydrogens is 260 g/mol. The number of methoxy groups -OCH3 is 1. The SMILES string of the molecule is COC(=O)c1ccc2nncc(Br)c2c1. The Hall–Kier alpha value is -1.49. The Balaban J connectivity index is 2.64. The summed E-state index contributed by atoms with van der Waals surface area (Å²) in [6.45, 7) is 0. The quantitative estimate of drug-likeness (QED) is 0.743. The Morgan fingerprint density at radius 2 is 2.27 bits per heavy atom. The van der Waals surface area contributed by atoms with Crippen LogP contribution in [0.1, 0.15) is 10.4 Å². The molecule has 0 unspecified atom stereocenters. The van der Waals surface area contributed by atoms with Crippen LogP contribution < -0.4 is 0 Å². The first-order valence-electron chi connectivity index (χ1n) is 4.21. The average Bonchev–Trinajstić information content (AvgIpc) is 2.28. The highest BCUT2D eigenvalue weighted by Crippen LogP contribution is 2.22. The van der Waals surface area contributed by atoms with Crippen molar-refractivity contribution in [1.82, 2.24) is 10.2 Å². The van der Waals surface area contributed by atoms with Gasteiger partial charge in [-0.15, -0.1) is 0 Å². The van der Waals surface area contributed by atoms with Gasteiger partial charge in [0, 0.05) is 9.86 Å². The van der Waals surface area contributed by atoms with E-state index in [4.69, 9.17) is 0 Å². The summed E-state index contributed by atoms with van der Waals surface area (Å²) >= 11 is 3.35. The number of ether oxygens (including phenoxy) is 1. The Bertz CT molecular complexity index is 528. The van der Waals surface area contributed by atoms with Gasteiger partial charge in [-0.1, -0.05) is 0 Å². The maximum absolute atomic E-state index is 11.3. The highest BCUT2D eigenvalue weighted by atomic mass is 79.9. The van der Waals surface area contributed by atoms with Crippen LogP contribution in [0.15, 0.2) is 28.9 Å². The van der Waals surface area contributed by atoms with E-state index in [1.165, 1.54) is 7.11 Å². The number of carbonyl (C=O) groups excluding carboxylic acids is 1. The molecule has 1 heterocycles. The van der Waals surface area contributed by atoms with E-state index in [1.807, 2.05) is 0 Å². The molecule has 0 fully saturated rings. The van der Waals surface area contributed by atoms with Crippen molar-refractivity contribution in [1.29, 1.82) is 0 Å². The molecular formula is C10H7BrN2O2. The molecule has 0 saturated carbocycles. The summed E-state index contributed by atoms with van der Waals surface area (Å²) in [6, 6.07) is 5.12. The average molecular weight is 267 g/mol. The summed E-state index contributed by atoms with van der Waals surface area (Å²) < 4.78 is 5.44. The zero-order chi connectivity index (χ0) is 10.8. The molecule has 0 spiro atoms. The maximum atomic E-state index is 11.3. The molecule has 0 saturated heterocycles. The fraction of sp³-hybridized carbons (Fsp3) is 0.100. The molecule has 2 aromatic rings. The van der Waals surface area contributed by atoms with Gasteiger partial charge in [-0.3, -0.25) is 0 Å². The monoisotopic (exact) mass is 266 g/mol. The summed E-state index contributed by atoms with van der Waals surface area (Å²) in [5, 5.41) is 8.57. The normalized spacial score (nSPS) is 10.3. The van der Waals surface area contributed by atoms with E-state index in [0.717, 1.165) is 15.4 Å². The molecule has 2 rings (SSSR count). The second-order valence-electron chi connectivity index (χ2n) is 2.92. The second kappa shape index (κ2) is 3.94. The smallest absolute Gasteiger partial charge is 0.337 e. The van der Waals surface area contributed by atoms with Crippen molar-refractivity contribution in [2.45, 2.75) is 0 Å². The molecule has 0 aliphatic heterocycles. The minimum absolute atomic E-state index is 0.361. The van der Waals surface area contributed by atoms with Crippen LogP contribution in [-0.4, -0.2) is 23.3 Å². The number of benzene rings is 1. The first-order chi connectivity index (χ1) is 7.22. The van der Waals surface area contributed by atoms with E-state index in [0.29, 0.717) is 5.56 Å². The standard InChI is InChI=1S/C10H7BrN2O2/c1-15-10(14)6-2-3-9-7(4-6)8(11)5-12-13-9/h2-5H,1H3. The first-order valence-corrected chi connectivity index (χ1v) is 5.01. The Morgan fingerprint density at radius 3 is 3.00 bits per heavy atom. The van der Waals surface area contributed by atoms with Gasteiger partial charge >= 0.3 is 5.97 Å². The number of rotatable bonds is 1. The van der Waals surface area contributed by atoms with E-state index in [-0.39, 0.29) is 5.97 Å². The fourth-order valence-corrected chi connectivity index (χ4v) is 1.68. The number of hydrogen-bond acceptors (Lipinski definition) is 4.